The zero-order valence-corrected chi connectivity index (χ0v) is 17.5. The van der Waals surface area contributed by atoms with Crippen molar-refractivity contribution in [3.8, 4) is 0 Å². The summed E-state index contributed by atoms with van der Waals surface area (Å²) in [6.45, 7) is 3.65. The predicted molar refractivity (Wildman–Crippen MR) is 117 cm³/mol. The van der Waals surface area contributed by atoms with Crippen LogP contribution in [0.15, 0.2) is 47.3 Å². The van der Waals surface area contributed by atoms with Crippen LogP contribution >= 0.6 is 12.2 Å². The Morgan fingerprint density at radius 1 is 1.10 bits per heavy atom. The largest absolute Gasteiger partial charge is 0.337 e. The van der Waals surface area contributed by atoms with E-state index in [9.17, 15) is 14.0 Å². The maximum Gasteiger partial charge on any atom is 0.261 e. The monoisotopic (exact) mass is 426 g/mol. The summed E-state index contributed by atoms with van der Waals surface area (Å²) in [5, 5.41) is 0.504. The van der Waals surface area contributed by atoms with Gasteiger partial charge in [0.15, 0.2) is 4.77 Å². The summed E-state index contributed by atoms with van der Waals surface area (Å²) in [7, 11) is 1.62. The van der Waals surface area contributed by atoms with Crippen LogP contribution in [0.25, 0.3) is 10.9 Å². The van der Waals surface area contributed by atoms with Crippen molar-refractivity contribution in [3.63, 3.8) is 0 Å². The van der Waals surface area contributed by atoms with E-state index < -0.39 is 0 Å². The Balaban J connectivity index is 1.48. The number of amides is 1. The van der Waals surface area contributed by atoms with Gasteiger partial charge >= 0.3 is 0 Å². The molecule has 1 saturated heterocycles. The number of rotatable bonds is 3. The molecule has 4 rings (SSSR count). The van der Waals surface area contributed by atoms with E-state index in [2.05, 4.69) is 9.88 Å². The first kappa shape index (κ1) is 20.4. The lowest BCUT2D eigenvalue weighted by Crippen LogP contribution is -2.35. The van der Waals surface area contributed by atoms with Crippen molar-refractivity contribution in [1.82, 2.24) is 19.4 Å². The predicted octanol–water partition coefficient (Wildman–Crippen LogP) is 3.08. The highest BCUT2D eigenvalue weighted by Gasteiger charge is 2.21. The number of aromatic amines is 1. The van der Waals surface area contributed by atoms with Gasteiger partial charge in [0.25, 0.3) is 11.5 Å². The number of nitrogens with zero attached hydrogens (tertiary/aromatic N) is 3. The van der Waals surface area contributed by atoms with Crippen LogP contribution in [0, 0.1) is 10.6 Å². The second-order valence-electron chi connectivity index (χ2n) is 7.60. The van der Waals surface area contributed by atoms with E-state index >= 15 is 0 Å². The summed E-state index contributed by atoms with van der Waals surface area (Å²) in [5.74, 6) is -0.291. The summed E-state index contributed by atoms with van der Waals surface area (Å²) < 4.78 is 14.8. The number of carbonyl (C=O) groups is 1. The second-order valence-corrected chi connectivity index (χ2v) is 7.99. The normalized spacial score (nSPS) is 15.3. The van der Waals surface area contributed by atoms with Crippen molar-refractivity contribution < 1.29 is 9.18 Å². The van der Waals surface area contributed by atoms with Crippen LogP contribution in [0.5, 0.6) is 0 Å². The minimum atomic E-state index is -0.236. The Labute approximate surface area is 178 Å². The molecule has 1 aliphatic heterocycles. The van der Waals surface area contributed by atoms with Gasteiger partial charge in [-0.3, -0.25) is 19.1 Å². The highest BCUT2D eigenvalue weighted by molar-refractivity contribution is 7.71. The molecule has 6 nitrogen and oxygen atoms in total. The molecule has 30 heavy (non-hydrogen) atoms. The molecule has 1 fully saturated rings. The van der Waals surface area contributed by atoms with Gasteiger partial charge in [0, 0.05) is 45.3 Å². The van der Waals surface area contributed by atoms with E-state index in [1.807, 2.05) is 4.90 Å². The maximum atomic E-state index is 13.1. The van der Waals surface area contributed by atoms with Crippen molar-refractivity contribution in [2.24, 2.45) is 7.05 Å². The van der Waals surface area contributed by atoms with Gasteiger partial charge in [-0.2, -0.15) is 0 Å². The van der Waals surface area contributed by atoms with Gasteiger partial charge in [-0.1, -0.05) is 12.1 Å². The Hall–Kier alpha value is -2.84. The molecule has 1 N–H and O–H groups in total. The molecule has 2 heterocycles. The minimum Gasteiger partial charge on any atom is -0.337 e. The van der Waals surface area contributed by atoms with Crippen LogP contribution in [0.2, 0.25) is 0 Å². The molecule has 0 unspecified atom stereocenters. The van der Waals surface area contributed by atoms with Gasteiger partial charge in [-0.05, 0) is 54.5 Å². The fraction of sp³-hybridized carbons (Fsp3) is 0.318. The first-order valence-electron chi connectivity index (χ1n) is 9.91. The standard InChI is InChI=1S/C22H23FN4O2S/c1-25-21(29)18-8-5-16(13-19(18)24-22(25)30)20(28)27-10-2-9-26(11-12-27)14-15-3-6-17(23)7-4-15/h3-8,13H,2,9-12,14H2,1H3,(H,24,30). The average molecular weight is 427 g/mol. The third-order valence-electron chi connectivity index (χ3n) is 5.54. The fourth-order valence-electron chi connectivity index (χ4n) is 3.80. The summed E-state index contributed by atoms with van der Waals surface area (Å²) >= 11 is 5.18. The number of benzene rings is 2. The highest BCUT2D eigenvalue weighted by atomic mass is 32.1. The molecule has 0 radical (unpaired) electrons. The van der Waals surface area contributed by atoms with Crippen molar-refractivity contribution in [2.45, 2.75) is 13.0 Å². The molecular weight excluding hydrogens is 403 g/mol. The molecule has 0 atom stereocenters. The lowest BCUT2D eigenvalue weighted by atomic mass is 10.1. The van der Waals surface area contributed by atoms with Crippen LogP contribution < -0.4 is 5.56 Å². The Bertz CT molecular complexity index is 1200. The average Bonchev–Trinajstić information content (AvgIpc) is 2.98. The Morgan fingerprint density at radius 2 is 1.87 bits per heavy atom. The smallest absolute Gasteiger partial charge is 0.261 e. The summed E-state index contributed by atoms with van der Waals surface area (Å²) in [4.78, 5) is 32.6. The lowest BCUT2D eigenvalue weighted by molar-refractivity contribution is 0.0761. The third kappa shape index (κ3) is 4.20. The molecule has 0 saturated carbocycles. The van der Waals surface area contributed by atoms with Gasteiger partial charge in [-0.15, -0.1) is 0 Å². The zero-order valence-electron chi connectivity index (χ0n) is 16.7. The number of hydrogen-bond donors (Lipinski definition) is 1. The number of hydrogen-bond acceptors (Lipinski definition) is 4. The topological polar surface area (TPSA) is 61.3 Å². The molecule has 3 aromatic rings. The van der Waals surface area contributed by atoms with E-state index in [0.29, 0.717) is 34.3 Å². The molecule has 1 aliphatic rings. The number of H-pyrrole nitrogens is 1. The maximum absolute atomic E-state index is 13.1. The molecule has 8 heteroatoms. The number of aromatic nitrogens is 2. The van der Waals surface area contributed by atoms with Crippen molar-refractivity contribution in [1.29, 1.82) is 0 Å². The molecule has 156 valence electrons. The first-order chi connectivity index (χ1) is 14.4. The van der Waals surface area contributed by atoms with Crippen molar-refractivity contribution in [3.05, 3.63) is 74.5 Å². The first-order valence-corrected chi connectivity index (χ1v) is 10.3. The summed E-state index contributed by atoms with van der Waals surface area (Å²) in [6, 6.07) is 11.6. The minimum absolute atomic E-state index is 0.0551. The number of nitrogens with one attached hydrogen (secondary N) is 1. The molecule has 0 aliphatic carbocycles. The van der Waals surface area contributed by atoms with Gasteiger partial charge in [-0.25, -0.2) is 4.39 Å². The van der Waals surface area contributed by atoms with Gasteiger partial charge in [0.05, 0.1) is 10.9 Å². The molecule has 1 amide bonds. The van der Waals surface area contributed by atoms with Gasteiger partial charge in [0.2, 0.25) is 0 Å². The number of fused-ring (bicyclic) bond motifs is 1. The molecule has 2 aromatic carbocycles. The van der Waals surface area contributed by atoms with Gasteiger partial charge in [0.1, 0.15) is 5.82 Å². The summed E-state index contributed by atoms with van der Waals surface area (Å²) in [6.07, 6.45) is 0.865. The van der Waals surface area contributed by atoms with E-state index in [-0.39, 0.29) is 17.3 Å². The van der Waals surface area contributed by atoms with E-state index in [4.69, 9.17) is 12.2 Å². The lowest BCUT2D eigenvalue weighted by Gasteiger charge is -2.22. The third-order valence-corrected chi connectivity index (χ3v) is 5.92. The van der Waals surface area contributed by atoms with Crippen LogP contribution in [0.1, 0.15) is 22.3 Å². The quantitative estimate of drug-likeness (QED) is 0.654. The highest BCUT2D eigenvalue weighted by Crippen LogP contribution is 2.15. The number of halogens is 1. The summed E-state index contributed by atoms with van der Waals surface area (Å²) in [5.41, 5.74) is 1.98. The van der Waals surface area contributed by atoms with E-state index in [0.717, 1.165) is 31.6 Å². The molecule has 1 aromatic heterocycles. The second kappa shape index (κ2) is 8.49. The SMILES string of the molecule is Cn1c(=S)[nH]c2cc(C(=O)N3CCCN(Cc4ccc(F)cc4)CC3)ccc2c1=O. The number of carbonyl (C=O) groups excluding carboxylic acids is 1. The Kier molecular flexibility index (Phi) is 5.78. The van der Waals surface area contributed by atoms with Crippen LogP contribution in [-0.2, 0) is 13.6 Å². The van der Waals surface area contributed by atoms with Crippen LogP contribution in [0.4, 0.5) is 4.39 Å². The van der Waals surface area contributed by atoms with Crippen LogP contribution in [0.3, 0.4) is 0 Å². The van der Waals surface area contributed by atoms with E-state index in [1.54, 1.807) is 37.4 Å². The van der Waals surface area contributed by atoms with Crippen LogP contribution in [-0.4, -0.2) is 51.4 Å². The van der Waals surface area contributed by atoms with Crippen molar-refractivity contribution >= 4 is 29.0 Å². The van der Waals surface area contributed by atoms with E-state index in [1.165, 1.54) is 16.7 Å². The molecular formula is C22H23FN4O2S. The van der Waals surface area contributed by atoms with Gasteiger partial charge < -0.3 is 9.88 Å². The molecule has 0 spiro atoms. The fourth-order valence-corrected chi connectivity index (χ4v) is 3.99. The van der Waals surface area contributed by atoms with Crippen molar-refractivity contribution in [2.75, 3.05) is 26.2 Å². The zero-order chi connectivity index (χ0) is 21.3. The Morgan fingerprint density at radius 3 is 2.63 bits per heavy atom. The molecule has 0 bridgehead atoms.